The van der Waals surface area contributed by atoms with Gasteiger partial charge in [0.05, 0.1) is 0 Å². The van der Waals surface area contributed by atoms with Crippen molar-refractivity contribution in [1.29, 1.82) is 0 Å². The van der Waals surface area contributed by atoms with Crippen molar-refractivity contribution in [3.05, 3.63) is 185 Å². The van der Waals surface area contributed by atoms with Gasteiger partial charge < -0.3 is 0 Å². The Balaban J connectivity index is 1.28. The molecule has 3 unspecified atom stereocenters. The number of rotatable bonds is 6. The van der Waals surface area contributed by atoms with E-state index in [0.717, 1.165) is 0 Å². The van der Waals surface area contributed by atoms with E-state index in [1.165, 1.54) is 54.9 Å². The number of hydrogen-bond donors (Lipinski definition) is 0. The zero-order chi connectivity index (χ0) is 34.9. The van der Waals surface area contributed by atoms with Crippen LogP contribution >= 0.6 is 0 Å². The summed E-state index contributed by atoms with van der Waals surface area (Å²) in [7, 11) is 0. The second-order valence-corrected chi connectivity index (χ2v) is 51.7. The Morgan fingerprint density at radius 1 is 0.431 bits per heavy atom. The van der Waals surface area contributed by atoms with E-state index >= 15 is 0 Å². The normalized spacial score (nSPS) is 18.1. The summed E-state index contributed by atoms with van der Waals surface area (Å²) in [4.78, 5) is 0. The maximum atomic E-state index is 2.88. The minimum atomic E-state index is -4.07. The van der Waals surface area contributed by atoms with Gasteiger partial charge in [0, 0.05) is 0 Å². The van der Waals surface area contributed by atoms with Crippen LogP contribution in [0.25, 0.3) is 56.0 Å². The topological polar surface area (TPSA) is 0 Å². The van der Waals surface area contributed by atoms with Crippen LogP contribution < -0.4 is 5.19 Å². The molecular formula is C49H45SiZr. The predicted molar refractivity (Wildman–Crippen MR) is 222 cm³/mol. The van der Waals surface area contributed by atoms with Crippen molar-refractivity contribution in [2.45, 2.75) is 36.9 Å². The van der Waals surface area contributed by atoms with Crippen LogP contribution in [0.5, 0.6) is 0 Å². The first-order valence-corrected chi connectivity index (χ1v) is 32.9. The molecule has 7 aromatic rings. The van der Waals surface area contributed by atoms with Crippen LogP contribution in [-0.4, -0.2) is 5.92 Å². The second kappa shape index (κ2) is 12.1. The molecule has 2 aliphatic rings. The molecule has 0 nitrogen and oxygen atoms in total. The Kier molecular flexibility index (Phi) is 7.73. The average Bonchev–Trinajstić information content (AvgIpc) is 3.71. The molecule has 0 aliphatic heterocycles. The van der Waals surface area contributed by atoms with Gasteiger partial charge >= 0.3 is 307 Å². The van der Waals surface area contributed by atoms with Crippen molar-refractivity contribution >= 4 is 44.8 Å². The van der Waals surface area contributed by atoms with E-state index in [0.29, 0.717) is 7.25 Å². The Bertz CT molecular complexity index is 2410. The third-order valence-electron chi connectivity index (χ3n) is 13.2. The van der Waals surface area contributed by atoms with Crippen LogP contribution in [0.2, 0.25) is 15.8 Å². The van der Waals surface area contributed by atoms with Crippen molar-refractivity contribution in [2.75, 3.05) is 0 Å². The van der Waals surface area contributed by atoms with Gasteiger partial charge in [0.2, 0.25) is 0 Å². The maximum absolute atomic E-state index is 4.07. The monoisotopic (exact) mass is 751 g/mol. The summed E-state index contributed by atoms with van der Waals surface area (Å²) in [5.41, 5.74) is 14.6. The van der Waals surface area contributed by atoms with Crippen LogP contribution in [0.15, 0.2) is 163 Å². The van der Waals surface area contributed by atoms with Crippen LogP contribution in [0.1, 0.15) is 43.4 Å². The molecule has 0 N–H and O–H groups in total. The molecule has 0 saturated carbocycles. The molecule has 0 fully saturated rings. The van der Waals surface area contributed by atoms with Gasteiger partial charge in [-0.1, -0.05) is 0 Å². The van der Waals surface area contributed by atoms with Gasteiger partial charge in [0.25, 0.3) is 0 Å². The van der Waals surface area contributed by atoms with Crippen molar-refractivity contribution < 1.29 is 17.9 Å². The number of allylic oxidation sites excluding steroid dienone is 2. The molecule has 2 heteroatoms. The average molecular weight is 753 g/mol. The van der Waals surface area contributed by atoms with Crippen LogP contribution in [0.3, 0.4) is 0 Å². The fourth-order valence-corrected chi connectivity index (χ4v) is 49.8. The summed E-state index contributed by atoms with van der Waals surface area (Å²) < 4.78 is 6.68. The van der Waals surface area contributed by atoms with Crippen LogP contribution in [0, 0.1) is 0 Å². The minimum absolute atomic E-state index is 0.457. The zero-order valence-corrected chi connectivity index (χ0v) is 33.9. The molecule has 0 saturated heterocycles. The molecule has 0 aromatic heterocycles. The molecule has 51 heavy (non-hydrogen) atoms. The number of hydrogen-bond acceptors (Lipinski definition) is 0. The Labute approximate surface area is 304 Å². The van der Waals surface area contributed by atoms with E-state index in [2.05, 4.69) is 193 Å². The summed E-state index contributed by atoms with van der Waals surface area (Å²) in [6, 6.07) is 57.4. The van der Waals surface area contributed by atoms with Gasteiger partial charge in [-0.25, -0.2) is 0 Å². The first-order valence-electron chi connectivity index (χ1n) is 18.6. The summed E-state index contributed by atoms with van der Waals surface area (Å²) in [6.45, 7) is 7.65. The molecule has 2 aliphatic carbocycles. The summed E-state index contributed by atoms with van der Waals surface area (Å²) in [5, 5.41) is 6.88. The summed E-state index contributed by atoms with van der Waals surface area (Å²) in [5.74, 6) is -1.54. The van der Waals surface area contributed by atoms with Gasteiger partial charge in [0.15, 0.2) is 0 Å². The first kappa shape index (κ1) is 32.5. The molecule has 0 amide bonds. The van der Waals surface area contributed by atoms with E-state index in [4.69, 9.17) is 0 Å². The van der Waals surface area contributed by atoms with Crippen molar-refractivity contribution in [3.63, 3.8) is 0 Å². The van der Waals surface area contributed by atoms with Gasteiger partial charge in [-0.15, -0.1) is 0 Å². The number of benzene rings is 7. The molecule has 0 radical (unpaired) electrons. The van der Waals surface area contributed by atoms with Gasteiger partial charge in [-0.05, 0) is 0 Å². The molecule has 0 bridgehead atoms. The summed E-state index contributed by atoms with van der Waals surface area (Å²) in [6.07, 6.45) is 5.18. The fraction of sp³-hybridized carbons (Fsp3) is 0.143. The van der Waals surface area contributed by atoms with Crippen molar-refractivity contribution in [1.82, 2.24) is 0 Å². The molecule has 9 rings (SSSR count). The first-order chi connectivity index (χ1) is 24.7. The van der Waals surface area contributed by atoms with Crippen LogP contribution in [0.4, 0.5) is 0 Å². The van der Waals surface area contributed by atoms with Crippen LogP contribution in [-0.2, 0) is 17.9 Å². The fourth-order valence-electron chi connectivity index (χ4n) is 10.8. The van der Waals surface area contributed by atoms with E-state index in [-0.39, 0.29) is 0 Å². The second-order valence-electron chi connectivity index (χ2n) is 16.2. The standard InChI is InChI=1S/2C20H15.C7H9Si.2CH3.Zr/c2*1-14-12-16-8-5-11-19(20(16)13-14)18-10-4-7-15-6-2-3-9-17(15)18;1-8-7-5-3-2-4-6-7;;;/h2*2-13H,1H3;2-6,8H,1H3;2*1H3;. The summed E-state index contributed by atoms with van der Waals surface area (Å²) >= 11 is -4.07. The number of fused-ring (bicyclic) bond motifs is 4. The van der Waals surface area contributed by atoms with Gasteiger partial charge in [-0.2, -0.15) is 0 Å². The SMILES string of the molecule is CC1=Cc2c(-c3cccc4ccccc34)cccc2[CH]1[Zr]([CH3])([CH3])([CH]1C(C)=Cc2c(-c3cccc4ccccc34)cccc21)[SiH](C)c1ccccc1. The Morgan fingerprint density at radius 2 is 0.824 bits per heavy atom. The molecule has 0 heterocycles. The molecule has 249 valence electrons. The Hall–Kier alpha value is -4.36. The van der Waals surface area contributed by atoms with E-state index in [9.17, 15) is 0 Å². The molecule has 0 spiro atoms. The van der Waals surface area contributed by atoms with E-state index in [1.807, 2.05) is 0 Å². The predicted octanol–water partition coefficient (Wildman–Crippen LogP) is 13.0. The van der Waals surface area contributed by atoms with Crippen molar-refractivity contribution in [2.24, 2.45) is 0 Å². The van der Waals surface area contributed by atoms with Crippen molar-refractivity contribution in [3.8, 4) is 22.3 Å². The zero-order valence-electron chi connectivity index (χ0n) is 30.3. The van der Waals surface area contributed by atoms with E-state index in [1.54, 1.807) is 27.5 Å². The van der Waals surface area contributed by atoms with Gasteiger partial charge in [0.1, 0.15) is 0 Å². The molecular weight excluding hydrogens is 708 g/mol. The molecule has 3 atom stereocenters. The third-order valence-corrected chi connectivity index (χ3v) is 56.6. The quantitative estimate of drug-likeness (QED) is 0.148. The third kappa shape index (κ3) is 4.87. The van der Waals surface area contributed by atoms with E-state index < -0.39 is 23.9 Å². The molecule has 7 aromatic carbocycles. The Morgan fingerprint density at radius 3 is 1.31 bits per heavy atom. The van der Waals surface area contributed by atoms with Gasteiger partial charge in [-0.3, -0.25) is 0 Å².